The van der Waals surface area contributed by atoms with Crippen LogP contribution < -0.4 is 0 Å². The monoisotopic (exact) mass is 614 g/mol. The highest BCUT2D eigenvalue weighted by molar-refractivity contribution is 6.01. The molecule has 0 aliphatic rings. The maximum absolute atomic E-state index is 2.33. The molecule has 230 valence electrons. The number of hydrogen-bond acceptors (Lipinski definition) is 0. The lowest BCUT2D eigenvalue weighted by molar-refractivity contribution is 1.56. The van der Waals surface area contributed by atoms with Gasteiger partial charge in [-0.15, -0.1) is 0 Å². The number of rotatable bonds is 8. The van der Waals surface area contributed by atoms with Crippen LogP contribution in [-0.2, 0) is 0 Å². The van der Waals surface area contributed by atoms with E-state index in [1.807, 2.05) is 0 Å². The Morgan fingerprint density at radius 1 is 0.312 bits per heavy atom. The number of benzene rings is 7. The van der Waals surface area contributed by atoms with Gasteiger partial charge in [-0.25, -0.2) is 0 Å². The zero-order valence-electron chi connectivity index (χ0n) is 27.5. The summed E-state index contributed by atoms with van der Waals surface area (Å²) in [7, 11) is 0. The Hall–Kier alpha value is -5.98. The molecule has 0 atom stereocenters. The fourth-order valence-corrected chi connectivity index (χ4v) is 6.30. The van der Waals surface area contributed by atoms with Gasteiger partial charge in [0.15, 0.2) is 0 Å². The summed E-state index contributed by atoms with van der Waals surface area (Å²) in [6.45, 7) is 4.36. The molecule has 7 aromatic carbocycles. The molecule has 0 aromatic heterocycles. The first-order chi connectivity index (χ1) is 23.6. The molecule has 0 heteroatoms. The Labute approximate surface area is 284 Å². The van der Waals surface area contributed by atoms with Crippen LogP contribution in [0.15, 0.2) is 158 Å². The third-order valence-electron chi connectivity index (χ3n) is 8.99. The molecule has 0 unspecified atom stereocenters. The molecule has 0 saturated heterocycles. The van der Waals surface area contributed by atoms with Crippen LogP contribution in [0.3, 0.4) is 0 Å². The van der Waals surface area contributed by atoms with Crippen LogP contribution in [0, 0.1) is 0 Å². The van der Waals surface area contributed by atoms with Gasteiger partial charge in [0.2, 0.25) is 0 Å². The van der Waals surface area contributed by atoms with Crippen molar-refractivity contribution in [1.29, 1.82) is 0 Å². The summed E-state index contributed by atoms with van der Waals surface area (Å²) in [6.07, 6.45) is 13.6. The Balaban J connectivity index is 1.30. The van der Waals surface area contributed by atoms with Crippen molar-refractivity contribution in [1.82, 2.24) is 0 Å². The lowest BCUT2D eigenvalue weighted by Crippen LogP contribution is -1.87. The van der Waals surface area contributed by atoms with Gasteiger partial charge in [0, 0.05) is 0 Å². The Morgan fingerprint density at radius 2 is 0.646 bits per heavy atom. The molecular formula is C48H38. The van der Waals surface area contributed by atoms with E-state index in [2.05, 4.69) is 208 Å². The molecule has 0 spiro atoms. The van der Waals surface area contributed by atoms with Crippen LogP contribution in [0.5, 0.6) is 0 Å². The van der Waals surface area contributed by atoms with E-state index in [1.165, 1.54) is 77.2 Å². The molecule has 0 nitrogen and oxygen atoms in total. The molecule has 0 aliphatic carbocycles. The summed E-state index contributed by atoms with van der Waals surface area (Å²) in [5.41, 5.74) is 12.1. The van der Waals surface area contributed by atoms with Gasteiger partial charge >= 0.3 is 0 Å². The highest BCUT2D eigenvalue weighted by atomic mass is 14.1. The van der Waals surface area contributed by atoms with Gasteiger partial charge in [-0.05, 0) is 115 Å². The normalized spacial score (nSPS) is 12.5. The van der Waals surface area contributed by atoms with Crippen LogP contribution in [0.4, 0.5) is 0 Å². The lowest BCUT2D eigenvalue weighted by Gasteiger charge is -2.09. The van der Waals surface area contributed by atoms with Crippen molar-refractivity contribution in [2.45, 2.75) is 13.8 Å². The molecule has 0 aliphatic heterocycles. The third-order valence-corrected chi connectivity index (χ3v) is 8.99. The van der Waals surface area contributed by atoms with Gasteiger partial charge in [-0.3, -0.25) is 0 Å². The summed E-state index contributed by atoms with van der Waals surface area (Å²) < 4.78 is 0. The molecule has 7 aromatic rings. The predicted octanol–water partition coefficient (Wildman–Crippen LogP) is 13.5. The van der Waals surface area contributed by atoms with Gasteiger partial charge in [0.25, 0.3) is 0 Å². The second-order valence-electron chi connectivity index (χ2n) is 12.3. The molecule has 0 saturated carbocycles. The smallest absolute Gasteiger partial charge is 0.0171 e. The minimum Gasteiger partial charge on any atom is -0.0622 e. The van der Waals surface area contributed by atoms with E-state index in [-0.39, 0.29) is 0 Å². The quantitative estimate of drug-likeness (QED) is 0.118. The van der Waals surface area contributed by atoms with E-state index >= 15 is 0 Å². The van der Waals surface area contributed by atoms with Crippen molar-refractivity contribution in [3.8, 4) is 0 Å². The maximum Gasteiger partial charge on any atom is -0.0171 e. The fourth-order valence-electron chi connectivity index (χ4n) is 6.30. The number of hydrogen-bond donors (Lipinski definition) is 0. The van der Waals surface area contributed by atoms with Crippen molar-refractivity contribution in [3.63, 3.8) is 0 Å². The third kappa shape index (κ3) is 7.04. The second-order valence-corrected chi connectivity index (χ2v) is 12.3. The Kier molecular flexibility index (Phi) is 9.07. The molecule has 0 amide bonds. The highest BCUT2D eigenvalue weighted by Gasteiger charge is 2.06. The van der Waals surface area contributed by atoms with E-state index in [1.54, 1.807) is 0 Å². The van der Waals surface area contributed by atoms with Crippen molar-refractivity contribution in [3.05, 3.63) is 202 Å². The lowest BCUT2D eigenvalue weighted by atomic mass is 9.95. The summed E-state index contributed by atoms with van der Waals surface area (Å²) in [5, 5.41) is 4.98. The standard InChI is InChI=1S/C48H38/c1-35(37-15-5-3-6-16-37)29-41-21-11-9-19-39(41)25-27-45-33-47-31-43-23-13-14-24-44(43)32-48(47)34-46(45)28-26-40-20-10-12-22-42(40)30-36(2)38-17-7-4-8-18-38/h3-34H,1-2H3/b27-25?,28-26?,35-29-,36-30-. The zero-order valence-corrected chi connectivity index (χ0v) is 27.5. The van der Waals surface area contributed by atoms with Gasteiger partial charge in [0.05, 0.1) is 0 Å². The SMILES string of the molecule is C/C(=C/c1ccccc1C=Cc1cc2cc3ccccc3cc2cc1C=Cc1ccccc1/C=C(/C)c1ccccc1)c1ccccc1. The molecule has 0 heterocycles. The Bertz CT molecular complexity index is 2160. The molecule has 7 rings (SSSR count). The van der Waals surface area contributed by atoms with Crippen LogP contribution >= 0.6 is 0 Å². The summed E-state index contributed by atoms with van der Waals surface area (Å²) >= 11 is 0. The average molecular weight is 615 g/mol. The largest absolute Gasteiger partial charge is 0.0622 e. The molecular weight excluding hydrogens is 577 g/mol. The maximum atomic E-state index is 2.33. The predicted molar refractivity (Wildman–Crippen MR) is 212 cm³/mol. The van der Waals surface area contributed by atoms with E-state index in [4.69, 9.17) is 0 Å². The molecule has 0 bridgehead atoms. The summed E-state index contributed by atoms with van der Waals surface area (Å²) in [5.74, 6) is 0. The van der Waals surface area contributed by atoms with Crippen LogP contribution in [0.25, 0.3) is 69.1 Å². The minimum absolute atomic E-state index is 1.18. The second kappa shape index (κ2) is 14.2. The van der Waals surface area contributed by atoms with E-state index in [9.17, 15) is 0 Å². The van der Waals surface area contributed by atoms with Crippen molar-refractivity contribution in [2.24, 2.45) is 0 Å². The van der Waals surface area contributed by atoms with Gasteiger partial charge in [-0.2, -0.15) is 0 Å². The van der Waals surface area contributed by atoms with Crippen LogP contribution in [0.1, 0.15) is 58.4 Å². The highest BCUT2D eigenvalue weighted by Crippen LogP contribution is 2.30. The number of allylic oxidation sites excluding steroid dienone is 2. The van der Waals surface area contributed by atoms with Gasteiger partial charge in [-0.1, -0.05) is 170 Å². The van der Waals surface area contributed by atoms with Crippen molar-refractivity contribution < 1.29 is 0 Å². The molecule has 0 N–H and O–H groups in total. The summed E-state index contributed by atoms with van der Waals surface area (Å²) in [4.78, 5) is 0. The van der Waals surface area contributed by atoms with E-state index in [0.717, 1.165) is 0 Å². The average Bonchev–Trinajstić information content (AvgIpc) is 3.13. The van der Waals surface area contributed by atoms with Crippen LogP contribution in [0.2, 0.25) is 0 Å². The molecule has 48 heavy (non-hydrogen) atoms. The Morgan fingerprint density at radius 3 is 1.06 bits per heavy atom. The first-order valence-corrected chi connectivity index (χ1v) is 16.6. The minimum atomic E-state index is 1.18. The molecule has 0 radical (unpaired) electrons. The topological polar surface area (TPSA) is 0 Å². The van der Waals surface area contributed by atoms with Gasteiger partial charge in [0.1, 0.15) is 0 Å². The first kappa shape index (κ1) is 30.7. The summed E-state index contributed by atoms with van der Waals surface area (Å²) in [6, 6.07) is 56.3. The fraction of sp³-hybridized carbons (Fsp3) is 0.0417. The van der Waals surface area contributed by atoms with Gasteiger partial charge < -0.3 is 0 Å². The van der Waals surface area contributed by atoms with E-state index in [0.29, 0.717) is 0 Å². The first-order valence-electron chi connectivity index (χ1n) is 16.6. The van der Waals surface area contributed by atoms with Crippen molar-refractivity contribution >= 4 is 69.1 Å². The van der Waals surface area contributed by atoms with Crippen molar-refractivity contribution in [2.75, 3.05) is 0 Å². The molecule has 0 fully saturated rings. The van der Waals surface area contributed by atoms with E-state index < -0.39 is 0 Å². The zero-order chi connectivity index (χ0) is 32.7. The number of fused-ring (bicyclic) bond motifs is 2. The van der Waals surface area contributed by atoms with Crippen LogP contribution in [-0.4, -0.2) is 0 Å².